The Labute approximate surface area is 111 Å². The van der Waals surface area contributed by atoms with Crippen LogP contribution < -0.4 is 4.74 Å². The summed E-state index contributed by atoms with van der Waals surface area (Å²) in [6.07, 6.45) is 0. The Hall–Kier alpha value is -1.28. The van der Waals surface area contributed by atoms with Gasteiger partial charge in [-0.05, 0) is 53.0 Å². The van der Waals surface area contributed by atoms with E-state index in [9.17, 15) is 0 Å². The van der Waals surface area contributed by atoms with Crippen LogP contribution >= 0.6 is 15.9 Å². The molecule has 0 N–H and O–H groups in total. The molecule has 0 radical (unpaired) electrons. The van der Waals surface area contributed by atoms with E-state index in [1.165, 1.54) is 16.7 Å². The van der Waals surface area contributed by atoms with E-state index in [-0.39, 0.29) is 0 Å². The molecule has 2 heteroatoms. The number of hydrogen-bond donors (Lipinski definition) is 0. The Kier molecular flexibility index (Phi) is 3.85. The van der Waals surface area contributed by atoms with Gasteiger partial charge in [0.05, 0.1) is 4.47 Å². The number of hydrogen-bond acceptors (Lipinski definition) is 1. The van der Waals surface area contributed by atoms with Crippen molar-refractivity contribution in [3.05, 3.63) is 63.6 Å². The first-order chi connectivity index (χ1) is 8.16. The Morgan fingerprint density at radius 3 is 2.59 bits per heavy atom. The molecule has 0 amide bonds. The molecule has 2 aromatic rings. The van der Waals surface area contributed by atoms with Gasteiger partial charge < -0.3 is 4.74 Å². The fourth-order valence-corrected chi connectivity index (χ4v) is 2.07. The van der Waals surface area contributed by atoms with Gasteiger partial charge in [0.15, 0.2) is 0 Å². The molecule has 0 bridgehead atoms. The molecular formula is C15H15BrO. The minimum atomic E-state index is 0.607. The molecule has 0 heterocycles. The average molecular weight is 291 g/mol. The summed E-state index contributed by atoms with van der Waals surface area (Å²) >= 11 is 3.48. The van der Waals surface area contributed by atoms with E-state index >= 15 is 0 Å². The lowest BCUT2D eigenvalue weighted by molar-refractivity contribution is 0.303. The van der Waals surface area contributed by atoms with Crippen molar-refractivity contribution in [2.45, 2.75) is 20.5 Å². The summed E-state index contributed by atoms with van der Waals surface area (Å²) in [6.45, 7) is 4.82. The van der Waals surface area contributed by atoms with Crippen molar-refractivity contribution in [3.8, 4) is 5.75 Å². The van der Waals surface area contributed by atoms with Gasteiger partial charge in [0.25, 0.3) is 0 Å². The Morgan fingerprint density at radius 2 is 1.82 bits per heavy atom. The van der Waals surface area contributed by atoms with Crippen LogP contribution in [0.4, 0.5) is 0 Å². The highest BCUT2D eigenvalue weighted by Crippen LogP contribution is 2.25. The van der Waals surface area contributed by atoms with Gasteiger partial charge in [-0.2, -0.15) is 0 Å². The normalized spacial score (nSPS) is 10.3. The number of aryl methyl sites for hydroxylation is 2. The topological polar surface area (TPSA) is 9.23 Å². The Morgan fingerprint density at radius 1 is 1.06 bits per heavy atom. The maximum atomic E-state index is 5.81. The standard InChI is InChI=1S/C15H15BrO/c1-11-7-8-12(2)13(9-11)10-17-15-6-4-3-5-14(15)16/h3-9H,10H2,1-2H3. The van der Waals surface area contributed by atoms with Crippen LogP contribution in [0.1, 0.15) is 16.7 Å². The number of rotatable bonds is 3. The SMILES string of the molecule is Cc1ccc(C)c(COc2ccccc2Br)c1. The molecule has 1 nitrogen and oxygen atoms in total. The molecule has 0 aliphatic heterocycles. The Balaban J connectivity index is 2.12. The molecule has 17 heavy (non-hydrogen) atoms. The van der Waals surface area contributed by atoms with Crippen LogP contribution in [0.2, 0.25) is 0 Å². The third kappa shape index (κ3) is 3.10. The molecule has 0 fully saturated rings. The molecule has 2 rings (SSSR count). The van der Waals surface area contributed by atoms with Gasteiger partial charge in [0, 0.05) is 0 Å². The van der Waals surface area contributed by atoms with Crippen LogP contribution in [0.25, 0.3) is 0 Å². The second-order valence-electron chi connectivity index (χ2n) is 4.15. The third-order valence-electron chi connectivity index (χ3n) is 2.72. The highest BCUT2D eigenvalue weighted by molar-refractivity contribution is 9.10. The number of halogens is 1. The van der Waals surface area contributed by atoms with E-state index in [0.717, 1.165) is 10.2 Å². The minimum Gasteiger partial charge on any atom is -0.488 e. The zero-order chi connectivity index (χ0) is 12.3. The van der Waals surface area contributed by atoms with Gasteiger partial charge in [-0.25, -0.2) is 0 Å². The molecule has 0 unspecified atom stereocenters. The van der Waals surface area contributed by atoms with Gasteiger partial charge >= 0.3 is 0 Å². The lowest BCUT2D eigenvalue weighted by Gasteiger charge is -2.10. The summed E-state index contributed by atoms with van der Waals surface area (Å²) in [7, 11) is 0. The van der Waals surface area contributed by atoms with Gasteiger partial charge in [-0.15, -0.1) is 0 Å². The quantitative estimate of drug-likeness (QED) is 0.800. The third-order valence-corrected chi connectivity index (χ3v) is 3.38. The molecule has 0 aliphatic rings. The van der Waals surface area contributed by atoms with Gasteiger partial charge in [-0.1, -0.05) is 35.9 Å². The fourth-order valence-electron chi connectivity index (χ4n) is 1.67. The molecule has 0 spiro atoms. The van der Waals surface area contributed by atoms with Crippen LogP contribution in [0.15, 0.2) is 46.9 Å². The van der Waals surface area contributed by atoms with Crippen molar-refractivity contribution < 1.29 is 4.74 Å². The lowest BCUT2D eigenvalue weighted by atomic mass is 10.1. The molecule has 0 aromatic heterocycles. The Bertz CT molecular complexity index is 520. The van der Waals surface area contributed by atoms with Crippen LogP contribution in [0.3, 0.4) is 0 Å². The largest absolute Gasteiger partial charge is 0.488 e. The summed E-state index contributed by atoms with van der Waals surface area (Å²) in [5.41, 5.74) is 3.77. The fraction of sp³-hybridized carbons (Fsp3) is 0.200. The number of para-hydroxylation sites is 1. The molecular weight excluding hydrogens is 276 g/mol. The van der Waals surface area contributed by atoms with Crippen molar-refractivity contribution in [1.29, 1.82) is 0 Å². The van der Waals surface area contributed by atoms with E-state index < -0.39 is 0 Å². The van der Waals surface area contributed by atoms with Crippen molar-refractivity contribution in [3.63, 3.8) is 0 Å². The van der Waals surface area contributed by atoms with Crippen molar-refractivity contribution in [2.75, 3.05) is 0 Å². The van der Waals surface area contributed by atoms with Crippen molar-refractivity contribution >= 4 is 15.9 Å². The molecule has 0 saturated heterocycles. The van der Waals surface area contributed by atoms with Crippen LogP contribution in [-0.4, -0.2) is 0 Å². The summed E-state index contributed by atoms with van der Waals surface area (Å²) in [5, 5.41) is 0. The van der Waals surface area contributed by atoms with Crippen molar-refractivity contribution in [2.24, 2.45) is 0 Å². The van der Waals surface area contributed by atoms with Crippen LogP contribution in [-0.2, 0) is 6.61 Å². The highest BCUT2D eigenvalue weighted by atomic mass is 79.9. The number of ether oxygens (including phenoxy) is 1. The summed E-state index contributed by atoms with van der Waals surface area (Å²) in [5.74, 6) is 0.883. The smallest absolute Gasteiger partial charge is 0.133 e. The van der Waals surface area contributed by atoms with Gasteiger partial charge in [0.2, 0.25) is 0 Å². The van der Waals surface area contributed by atoms with E-state index in [1.807, 2.05) is 24.3 Å². The summed E-state index contributed by atoms with van der Waals surface area (Å²) in [4.78, 5) is 0. The van der Waals surface area contributed by atoms with E-state index in [2.05, 4.69) is 48.0 Å². The minimum absolute atomic E-state index is 0.607. The van der Waals surface area contributed by atoms with E-state index in [1.54, 1.807) is 0 Å². The van der Waals surface area contributed by atoms with E-state index in [0.29, 0.717) is 6.61 Å². The molecule has 0 aliphatic carbocycles. The average Bonchev–Trinajstić information content (AvgIpc) is 2.32. The summed E-state index contributed by atoms with van der Waals surface area (Å²) in [6, 6.07) is 14.3. The highest BCUT2D eigenvalue weighted by Gasteiger charge is 2.02. The molecule has 0 saturated carbocycles. The predicted octanol–water partition coefficient (Wildman–Crippen LogP) is 4.64. The lowest BCUT2D eigenvalue weighted by Crippen LogP contribution is -1.98. The first-order valence-corrected chi connectivity index (χ1v) is 6.39. The van der Waals surface area contributed by atoms with Crippen molar-refractivity contribution in [1.82, 2.24) is 0 Å². The van der Waals surface area contributed by atoms with Gasteiger partial charge in [-0.3, -0.25) is 0 Å². The molecule has 88 valence electrons. The summed E-state index contributed by atoms with van der Waals surface area (Å²) < 4.78 is 6.80. The van der Waals surface area contributed by atoms with Crippen LogP contribution in [0.5, 0.6) is 5.75 Å². The maximum Gasteiger partial charge on any atom is 0.133 e. The first kappa shape index (κ1) is 12.2. The monoisotopic (exact) mass is 290 g/mol. The first-order valence-electron chi connectivity index (χ1n) is 5.60. The zero-order valence-corrected chi connectivity index (χ0v) is 11.6. The number of benzene rings is 2. The maximum absolute atomic E-state index is 5.81. The predicted molar refractivity (Wildman–Crippen MR) is 74.4 cm³/mol. The zero-order valence-electron chi connectivity index (χ0n) is 10.0. The van der Waals surface area contributed by atoms with E-state index in [4.69, 9.17) is 4.74 Å². The van der Waals surface area contributed by atoms with Gasteiger partial charge in [0.1, 0.15) is 12.4 Å². The second kappa shape index (κ2) is 5.37. The second-order valence-corrected chi connectivity index (χ2v) is 5.00. The molecule has 2 aromatic carbocycles. The molecule has 0 atom stereocenters. The van der Waals surface area contributed by atoms with Crippen LogP contribution in [0, 0.1) is 13.8 Å².